The van der Waals surface area contributed by atoms with E-state index in [0.717, 1.165) is 4.90 Å². The molecule has 2 atom stereocenters. The van der Waals surface area contributed by atoms with Crippen molar-refractivity contribution in [3.8, 4) is 11.5 Å². The number of halogens is 1. The summed E-state index contributed by atoms with van der Waals surface area (Å²) < 4.78 is 10.5. The second-order valence-corrected chi connectivity index (χ2v) is 6.47. The molecule has 0 spiro atoms. The molecule has 1 fully saturated rings. The van der Waals surface area contributed by atoms with Gasteiger partial charge in [0.15, 0.2) is 0 Å². The van der Waals surface area contributed by atoms with E-state index in [1.807, 2.05) is 0 Å². The Morgan fingerprint density at radius 1 is 1.04 bits per heavy atom. The third-order valence-corrected chi connectivity index (χ3v) is 4.83. The van der Waals surface area contributed by atoms with Crippen molar-refractivity contribution >= 4 is 34.8 Å². The first kappa shape index (κ1) is 17.4. The summed E-state index contributed by atoms with van der Waals surface area (Å²) in [4.78, 5) is 32.4. The van der Waals surface area contributed by atoms with Gasteiger partial charge in [-0.2, -0.15) is 0 Å². The minimum Gasteiger partial charge on any atom is -0.497 e. The molecule has 2 aliphatic rings. The first-order chi connectivity index (χ1) is 13.0. The van der Waals surface area contributed by atoms with E-state index in [-0.39, 0.29) is 0 Å². The maximum absolute atomic E-state index is 13.1. The highest BCUT2D eigenvalue weighted by atomic mass is 35.5. The zero-order valence-corrected chi connectivity index (χ0v) is 15.3. The summed E-state index contributed by atoms with van der Waals surface area (Å²) in [5, 5.41) is 4.54. The lowest BCUT2D eigenvalue weighted by molar-refractivity contribution is -0.126. The van der Waals surface area contributed by atoms with E-state index < -0.39 is 23.8 Å². The first-order valence-corrected chi connectivity index (χ1v) is 8.52. The maximum Gasteiger partial charge on any atom is 0.279 e. The molecule has 0 N–H and O–H groups in total. The number of hydrogen-bond donors (Lipinski definition) is 0. The van der Waals surface area contributed by atoms with Crippen LogP contribution in [0, 0.1) is 5.92 Å². The molecule has 27 heavy (non-hydrogen) atoms. The van der Waals surface area contributed by atoms with Crippen molar-refractivity contribution in [2.24, 2.45) is 11.1 Å². The Bertz CT molecular complexity index is 957. The molecule has 1 saturated heterocycles. The topological polar surface area (TPSA) is 77.4 Å². The Kier molecular flexibility index (Phi) is 4.24. The molecule has 0 radical (unpaired) electrons. The van der Waals surface area contributed by atoms with Crippen molar-refractivity contribution in [1.29, 1.82) is 0 Å². The Hall–Kier alpha value is -3.06. The number of rotatable bonds is 4. The number of imide groups is 1. The van der Waals surface area contributed by atoms with Crippen molar-refractivity contribution in [3.05, 3.63) is 53.1 Å². The average Bonchev–Trinajstić information content (AvgIpc) is 3.22. The van der Waals surface area contributed by atoms with Crippen LogP contribution in [-0.4, -0.2) is 37.8 Å². The number of fused-ring (bicyclic) bond motifs is 1. The lowest BCUT2D eigenvalue weighted by Gasteiger charge is -2.19. The van der Waals surface area contributed by atoms with Crippen LogP contribution in [0.5, 0.6) is 11.5 Å². The van der Waals surface area contributed by atoms with E-state index in [9.17, 15) is 9.59 Å². The highest BCUT2D eigenvalue weighted by Crippen LogP contribution is 2.40. The highest BCUT2D eigenvalue weighted by molar-refractivity contribution is 6.33. The van der Waals surface area contributed by atoms with E-state index in [1.54, 1.807) is 42.5 Å². The van der Waals surface area contributed by atoms with Crippen LogP contribution in [0.4, 0.5) is 5.69 Å². The summed E-state index contributed by atoms with van der Waals surface area (Å²) in [5.41, 5.74) is 1.38. The SMILES string of the molecule is COc1ccc(OC)c(N2C(=O)[C@@H]3C(c4ccc(Cl)cc4)=NO[C@@H]3C2=O)c1. The molecule has 0 saturated carbocycles. The second-order valence-electron chi connectivity index (χ2n) is 6.04. The summed E-state index contributed by atoms with van der Waals surface area (Å²) in [6.07, 6.45) is -1.00. The minimum atomic E-state index is -1.00. The molecule has 0 aliphatic carbocycles. The summed E-state index contributed by atoms with van der Waals surface area (Å²) in [5.74, 6) is -0.875. The van der Waals surface area contributed by atoms with Gasteiger partial charge in [-0.05, 0) is 24.3 Å². The molecule has 2 aromatic rings. The molecular formula is C19H15ClN2O5. The predicted molar refractivity (Wildman–Crippen MR) is 98.4 cm³/mol. The fourth-order valence-corrected chi connectivity index (χ4v) is 3.37. The van der Waals surface area contributed by atoms with Gasteiger partial charge in [0.1, 0.15) is 23.1 Å². The number of hydrogen-bond acceptors (Lipinski definition) is 6. The van der Waals surface area contributed by atoms with Gasteiger partial charge in [-0.3, -0.25) is 9.59 Å². The van der Waals surface area contributed by atoms with Gasteiger partial charge in [-0.25, -0.2) is 4.90 Å². The predicted octanol–water partition coefficient (Wildman–Crippen LogP) is 2.65. The molecule has 7 nitrogen and oxygen atoms in total. The number of anilines is 1. The van der Waals surface area contributed by atoms with E-state index >= 15 is 0 Å². The number of oxime groups is 1. The number of carbonyl (C=O) groups is 2. The normalized spacial score (nSPS) is 21.0. The molecule has 0 bridgehead atoms. The van der Waals surface area contributed by atoms with Gasteiger partial charge in [0.25, 0.3) is 5.91 Å². The molecule has 4 rings (SSSR count). The van der Waals surface area contributed by atoms with Gasteiger partial charge in [0.05, 0.1) is 19.9 Å². The third kappa shape index (κ3) is 2.71. The molecule has 2 heterocycles. The number of ether oxygens (including phenoxy) is 2. The summed E-state index contributed by atoms with van der Waals surface area (Å²) in [6, 6.07) is 11.8. The zero-order valence-electron chi connectivity index (χ0n) is 14.5. The van der Waals surface area contributed by atoms with Gasteiger partial charge in [0.2, 0.25) is 12.0 Å². The van der Waals surface area contributed by atoms with Crippen molar-refractivity contribution in [2.45, 2.75) is 6.10 Å². The van der Waals surface area contributed by atoms with Crippen LogP contribution in [0.3, 0.4) is 0 Å². The second kappa shape index (κ2) is 6.59. The summed E-state index contributed by atoms with van der Waals surface area (Å²) >= 11 is 5.92. The number of amides is 2. The largest absolute Gasteiger partial charge is 0.497 e. The Morgan fingerprint density at radius 3 is 2.44 bits per heavy atom. The fourth-order valence-electron chi connectivity index (χ4n) is 3.25. The zero-order chi connectivity index (χ0) is 19.1. The number of nitrogens with zero attached hydrogens (tertiary/aromatic N) is 2. The summed E-state index contributed by atoms with van der Waals surface area (Å²) in [7, 11) is 2.97. The molecule has 2 amide bonds. The number of methoxy groups -OCH3 is 2. The average molecular weight is 387 g/mol. The maximum atomic E-state index is 13.1. The minimum absolute atomic E-state index is 0.306. The van der Waals surface area contributed by atoms with Crippen molar-refractivity contribution < 1.29 is 23.9 Å². The van der Waals surface area contributed by atoms with E-state index in [4.69, 9.17) is 25.9 Å². The van der Waals surface area contributed by atoms with Gasteiger partial charge in [-0.15, -0.1) is 0 Å². The highest BCUT2D eigenvalue weighted by Gasteiger charge is 2.56. The Balaban J connectivity index is 1.73. The van der Waals surface area contributed by atoms with Crippen LogP contribution < -0.4 is 14.4 Å². The van der Waals surface area contributed by atoms with Crippen LogP contribution in [0.1, 0.15) is 5.56 Å². The van der Waals surface area contributed by atoms with Crippen molar-refractivity contribution in [3.63, 3.8) is 0 Å². The van der Waals surface area contributed by atoms with Gasteiger partial charge in [0, 0.05) is 16.7 Å². The Morgan fingerprint density at radius 2 is 1.78 bits per heavy atom. The molecule has 0 aromatic heterocycles. The molecule has 138 valence electrons. The van der Waals surface area contributed by atoms with Crippen LogP contribution in [0.2, 0.25) is 5.02 Å². The smallest absolute Gasteiger partial charge is 0.279 e. The van der Waals surface area contributed by atoms with E-state index in [2.05, 4.69) is 5.16 Å². The van der Waals surface area contributed by atoms with Crippen LogP contribution in [-0.2, 0) is 14.4 Å². The molecule has 8 heteroatoms. The molecular weight excluding hydrogens is 372 g/mol. The number of carbonyl (C=O) groups excluding carboxylic acids is 2. The lowest BCUT2D eigenvalue weighted by atomic mass is 9.94. The molecule has 2 aliphatic heterocycles. The van der Waals surface area contributed by atoms with Gasteiger partial charge >= 0.3 is 0 Å². The van der Waals surface area contributed by atoms with Crippen LogP contribution in [0.15, 0.2) is 47.6 Å². The summed E-state index contributed by atoms with van der Waals surface area (Å²) in [6.45, 7) is 0. The van der Waals surface area contributed by atoms with Gasteiger partial charge in [-0.1, -0.05) is 28.9 Å². The monoisotopic (exact) mass is 386 g/mol. The molecule has 0 unspecified atom stereocenters. The molecule has 2 aromatic carbocycles. The third-order valence-electron chi connectivity index (χ3n) is 4.58. The lowest BCUT2D eigenvalue weighted by Crippen LogP contribution is -2.33. The van der Waals surface area contributed by atoms with Crippen LogP contribution >= 0.6 is 11.6 Å². The first-order valence-electron chi connectivity index (χ1n) is 8.14. The van der Waals surface area contributed by atoms with Crippen LogP contribution in [0.25, 0.3) is 0 Å². The fraction of sp³-hybridized carbons (Fsp3) is 0.211. The van der Waals surface area contributed by atoms with E-state index in [0.29, 0.717) is 33.5 Å². The van der Waals surface area contributed by atoms with E-state index in [1.165, 1.54) is 14.2 Å². The van der Waals surface area contributed by atoms with Crippen molar-refractivity contribution in [2.75, 3.05) is 19.1 Å². The number of benzene rings is 2. The standard InChI is InChI=1S/C19H15ClN2O5/c1-25-12-7-8-14(26-2)13(9-12)22-18(23)15-16(21-27-17(15)19(22)24)10-3-5-11(20)6-4-10/h3-9,15,17H,1-2H3/t15-,17+/m1/s1. The van der Waals surface area contributed by atoms with Gasteiger partial charge < -0.3 is 14.3 Å². The quantitative estimate of drug-likeness (QED) is 0.755. The van der Waals surface area contributed by atoms with Crippen molar-refractivity contribution in [1.82, 2.24) is 0 Å². The Labute approximate surface area is 160 Å².